The highest BCUT2D eigenvalue weighted by Crippen LogP contribution is 2.29. The van der Waals surface area contributed by atoms with Crippen LogP contribution in [0.5, 0.6) is 11.5 Å². The number of methoxy groups -OCH3 is 1. The van der Waals surface area contributed by atoms with E-state index < -0.39 is 0 Å². The van der Waals surface area contributed by atoms with E-state index >= 15 is 0 Å². The van der Waals surface area contributed by atoms with Gasteiger partial charge in [-0.15, -0.1) is 0 Å². The summed E-state index contributed by atoms with van der Waals surface area (Å²) in [6.07, 6.45) is 0. The molecule has 2 aromatic rings. The van der Waals surface area contributed by atoms with Crippen molar-refractivity contribution in [2.45, 2.75) is 0 Å². The Morgan fingerprint density at radius 1 is 1.07 bits per heavy atom. The van der Waals surface area contributed by atoms with Crippen molar-refractivity contribution < 1.29 is 19.1 Å². The monoisotopic (exact) mass is 367 g/mol. The Balaban J connectivity index is 1.40. The number of nitrogens with one attached hydrogen (secondary N) is 1. The molecule has 140 valence electrons. The third-order valence-corrected chi connectivity index (χ3v) is 4.87. The number of nitrogens with zero attached hydrogens (tertiary/aromatic N) is 2. The molecule has 27 heavy (non-hydrogen) atoms. The van der Waals surface area contributed by atoms with E-state index in [0.29, 0.717) is 30.1 Å². The normalized spacial score (nSPS) is 16.3. The quantitative estimate of drug-likeness (QED) is 0.898. The summed E-state index contributed by atoms with van der Waals surface area (Å²) in [7, 11) is 1.65. The van der Waals surface area contributed by atoms with Crippen LogP contribution in [0, 0.1) is 0 Å². The molecule has 0 aromatic heterocycles. The number of ether oxygens (including phenoxy) is 2. The Labute approximate surface area is 157 Å². The number of amides is 2. The number of carbonyl (C=O) groups excluding carboxylic acids is 2. The first-order chi connectivity index (χ1) is 13.1. The summed E-state index contributed by atoms with van der Waals surface area (Å²) in [6.45, 7) is 2.83. The molecule has 7 heteroatoms. The van der Waals surface area contributed by atoms with Crippen LogP contribution in [0.4, 0.5) is 11.4 Å². The van der Waals surface area contributed by atoms with Gasteiger partial charge in [0.15, 0.2) is 6.61 Å². The average molecular weight is 367 g/mol. The molecule has 0 bridgehead atoms. The predicted octanol–water partition coefficient (Wildman–Crippen LogP) is 1.99. The Bertz CT molecular complexity index is 858. The molecule has 2 aromatic carbocycles. The van der Waals surface area contributed by atoms with Crippen LogP contribution in [0.15, 0.2) is 42.5 Å². The lowest BCUT2D eigenvalue weighted by molar-refractivity contribution is -0.118. The Hall–Kier alpha value is -3.22. The Morgan fingerprint density at radius 2 is 1.81 bits per heavy atom. The number of anilines is 2. The van der Waals surface area contributed by atoms with Gasteiger partial charge in [0.2, 0.25) is 0 Å². The summed E-state index contributed by atoms with van der Waals surface area (Å²) in [5.74, 6) is 1.17. The maximum Gasteiger partial charge on any atom is 0.262 e. The van der Waals surface area contributed by atoms with Crippen LogP contribution in [0.2, 0.25) is 0 Å². The number of fused-ring (bicyclic) bond motifs is 1. The lowest BCUT2D eigenvalue weighted by atomic mass is 10.1. The standard InChI is InChI=1S/C20H21N3O4/c1-26-16-5-3-15(4-6-16)22-8-10-23(11-9-22)20(25)14-2-7-17-18(12-14)27-13-19(24)21-17/h2-7,12H,8-11,13H2,1H3,(H,21,24). The van der Waals surface area contributed by atoms with Crippen molar-refractivity contribution in [3.8, 4) is 11.5 Å². The summed E-state index contributed by atoms with van der Waals surface area (Å²) >= 11 is 0. The van der Waals surface area contributed by atoms with Gasteiger partial charge in [-0.05, 0) is 42.5 Å². The van der Waals surface area contributed by atoms with Crippen molar-refractivity contribution in [3.05, 3.63) is 48.0 Å². The molecule has 1 N–H and O–H groups in total. The molecule has 0 atom stereocenters. The van der Waals surface area contributed by atoms with Crippen molar-refractivity contribution in [2.24, 2.45) is 0 Å². The van der Waals surface area contributed by atoms with Crippen LogP contribution in [0.3, 0.4) is 0 Å². The largest absolute Gasteiger partial charge is 0.497 e. The molecule has 0 spiro atoms. The number of benzene rings is 2. The molecule has 2 aliphatic heterocycles. The zero-order chi connectivity index (χ0) is 18.8. The second-order valence-corrected chi connectivity index (χ2v) is 6.53. The lowest BCUT2D eigenvalue weighted by Gasteiger charge is -2.36. The summed E-state index contributed by atoms with van der Waals surface area (Å²) in [4.78, 5) is 28.3. The smallest absolute Gasteiger partial charge is 0.262 e. The van der Waals surface area contributed by atoms with Crippen molar-refractivity contribution in [1.29, 1.82) is 0 Å². The van der Waals surface area contributed by atoms with Crippen molar-refractivity contribution in [2.75, 3.05) is 50.1 Å². The predicted molar refractivity (Wildman–Crippen MR) is 102 cm³/mol. The molecular weight excluding hydrogens is 346 g/mol. The highest BCUT2D eigenvalue weighted by molar-refractivity contribution is 5.99. The van der Waals surface area contributed by atoms with Gasteiger partial charge < -0.3 is 24.6 Å². The van der Waals surface area contributed by atoms with Crippen LogP contribution in [0.1, 0.15) is 10.4 Å². The highest BCUT2D eigenvalue weighted by atomic mass is 16.5. The lowest BCUT2D eigenvalue weighted by Crippen LogP contribution is -2.48. The van der Waals surface area contributed by atoms with Crippen molar-refractivity contribution >= 4 is 23.2 Å². The topological polar surface area (TPSA) is 71.1 Å². The Morgan fingerprint density at radius 3 is 2.52 bits per heavy atom. The molecule has 0 aliphatic carbocycles. The number of hydrogen-bond acceptors (Lipinski definition) is 5. The van der Waals surface area contributed by atoms with Crippen LogP contribution in [-0.4, -0.2) is 56.6 Å². The molecule has 0 radical (unpaired) electrons. The van der Waals surface area contributed by atoms with E-state index in [1.165, 1.54) is 0 Å². The number of piperazine rings is 1. The zero-order valence-corrected chi connectivity index (χ0v) is 15.1. The van der Waals surface area contributed by atoms with E-state index in [2.05, 4.69) is 10.2 Å². The fraction of sp³-hybridized carbons (Fsp3) is 0.300. The summed E-state index contributed by atoms with van der Waals surface area (Å²) in [6, 6.07) is 13.1. The van der Waals surface area contributed by atoms with E-state index in [1.807, 2.05) is 29.2 Å². The van der Waals surface area contributed by atoms with Gasteiger partial charge in [0.05, 0.1) is 12.8 Å². The maximum absolute atomic E-state index is 12.8. The molecule has 1 fully saturated rings. The van der Waals surface area contributed by atoms with Gasteiger partial charge in [0.25, 0.3) is 11.8 Å². The molecule has 0 unspecified atom stereocenters. The molecule has 4 rings (SSSR count). The van der Waals surface area contributed by atoms with Crippen molar-refractivity contribution in [3.63, 3.8) is 0 Å². The molecule has 0 saturated carbocycles. The molecule has 2 heterocycles. The van der Waals surface area contributed by atoms with Crippen LogP contribution < -0.4 is 19.7 Å². The average Bonchev–Trinajstić information content (AvgIpc) is 2.73. The fourth-order valence-electron chi connectivity index (χ4n) is 3.35. The third-order valence-electron chi connectivity index (χ3n) is 4.87. The van der Waals surface area contributed by atoms with Gasteiger partial charge in [-0.3, -0.25) is 9.59 Å². The maximum atomic E-state index is 12.8. The summed E-state index contributed by atoms with van der Waals surface area (Å²) < 4.78 is 10.6. The first-order valence-electron chi connectivity index (χ1n) is 8.89. The number of carbonyl (C=O) groups is 2. The Kier molecular flexibility index (Phi) is 4.58. The SMILES string of the molecule is COc1ccc(N2CCN(C(=O)c3ccc4c(c3)OCC(=O)N4)CC2)cc1. The molecule has 1 saturated heterocycles. The highest BCUT2D eigenvalue weighted by Gasteiger charge is 2.24. The first-order valence-corrected chi connectivity index (χ1v) is 8.89. The third kappa shape index (κ3) is 3.53. The number of rotatable bonds is 3. The van der Waals surface area contributed by atoms with Crippen LogP contribution >= 0.6 is 0 Å². The number of hydrogen-bond donors (Lipinski definition) is 1. The molecule has 7 nitrogen and oxygen atoms in total. The fourth-order valence-corrected chi connectivity index (χ4v) is 3.35. The van der Waals surface area contributed by atoms with Gasteiger partial charge >= 0.3 is 0 Å². The zero-order valence-electron chi connectivity index (χ0n) is 15.1. The second-order valence-electron chi connectivity index (χ2n) is 6.53. The van der Waals surface area contributed by atoms with Gasteiger partial charge in [0, 0.05) is 37.4 Å². The van der Waals surface area contributed by atoms with E-state index in [4.69, 9.17) is 9.47 Å². The van der Waals surface area contributed by atoms with E-state index in [0.717, 1.165) is 24.5 Å². The minimum Gasteiger partial charge on any atom is -0.497 e. The minimum atomic E-state index is -0.184. The van der Waals surface area contributed by atoms with Gasteiger partial charge in [-0.1, -0.05) is 0 Å². The van der Waals surface area contributed by atoms with Gasteiger partial charge in [-0.25, -0.2) is 0 Å². The van der Waals surface area contributed by atoms with Crippen LogP contribution in [-0.2, 0) is 4.79 Å². The molecule has 2 aliphatic rings. The van der Waals surface area contributed by atoms with E-state index in [9.17, 15) is 9.59 Å². The molecular formula is C20H21N3O4. The summed E-state index contributed by atoms with van der Waals surface area (Å²) in [5, 5.41) is 2.73. The van der Waals surface area contributed by atoms with E-state index in [1.54, 1.807) is 25.3 Å². The molecule has 2 amide bonds. The minimum absolute atomic E-state index is 0.0207. The van der Waals surface area contributed by atoms with Crippen LogP contribution in [0.25, 0.3) is 0 Å². The van der Waals surface area contributed by atoms with Crippen molar-refractivity contribution in [1.82, 2.24) is 4.90 Å². The van der Waals surface area contributed by atoms with Gasteiger partial charge in [0.1, 0.15) is 11.5 Å². The second kappa shape index (κ2) is 7.19. The summed E-state index contributed by atoms with van der Waals surface area (Å²) in [5.41, 5.74) is 2.30. The first kappa shape index (κ1) is 17.2. The van der Waals surface area contributed by atoms with Gasteiger partial charge in [-0.2, -0.15) is 0 Å². The van der Waals surface area contributed by atoms with E-state index in [-0.39, 0.29) is 18.4 Å².